The molecule has 0 spiro atoms. The van der Waals surface area contributed by atoms with Crippen LogP contribution in [0.15, 0.2) is 0 Å². The lowest BCUT2D eigenvalue weighted by molar-refractivity contribution is -0.141. The van der Waals surface area contributed by atoms with E-state index in [1.807, 2.05) is 0 Å². The third-order valence-corrected chi connectivity index (χ3v) is 2.52. The molecule has 0 amide bonds. The molecule has 1 atom stereocenters. The number of hydrogen-bond donors (Lipinski definition) is 1. The van der Waals surface area contributed by atoms with Crippen molar-refractivity contribution in [3.05, 3.63) is 0 Å². The summed E-state index contributed by atoms with van der Waals surface area (Å²) in [6.07, 6.45) is 1.41. The first-order valence-electron chi connectivity index (χ1n) is 5.31. The summed E-state index contributed by atoms with van der Waals surface area (Å²) in [5.74, 6) is 3.74. The molecular formula is C12H14O4. The van der Waals surface area contributed by atoms with Crippen molar-refractivity contribution in [2.45, 2.75) is 38.5 Å². The van der Waals surface area contributed by atoms with Gasteiger partial charge in [0.05, 0.1) is 12.8 Å². The predicted octanol–water partition coefficient (Wildman–Crippen LogP) is 1.18. The zero-order valence-corrected chi connectivity index (χ0v) is 8.99. The molecule has 0 fully saturated rings. The molecule has 0 aliphatic heterocycles. The minimum atomic E-state index is -1.00. The van der Waals surface area contributed by atoms with E-state index in [2.05, 4.69) is 11.8 Å². The molecule has 1 unspecified atom stereocenters. The van der Waals surface area contributed by atoms with Crippen LogP contribution in [0.5, 0.6) is 0 Å². The minimum Gasteiger partial charge on any atom is -0.481 e. The number of Topliss-reactive ketones (excluding diaryl/α,β-unsaturated/α-hetero) is 2. The number of rotatable bonds is 2. The van der Waals surface area contributed by atoms with E-state index in [1.165, 1.54) is 0 Å². The van der Waals surface area contributed by atoms with Crippen LogP contribution in [0.4, 0.5) is 0 Å². The van der Waals surface area contributed by atoms with Gasteiger partial charge in [0, 0.05) is 25.2 Å². The van der Waals surface area contributed by atoms with Gasteiger partial charge in [0.25, 0.3) is 0 Å². The van der Waals surface area contributed by atoms with Crippen LogP contribution in [0.2, 0.25) is 0 Å². The summed E-state index contributed by atoms with van der Waals surface area (Å²) < 4.78 is 0. The Hall–Kier alpha value is -1.63. The molecule has 0 aromatic carbocycles. The summed E-state index contributed by atoms with van der Waals surface area (Å²) >= 11 is 0. The van der Waals surface area contributed by atoms with Gasteiger partial charge >= 0.3 is 5.97 Å². The average molecular weight is 222 g/mol. The van der Waals surface area contributed by atoms with Crippen LogP contribution in [-0.4, -0.2) is 22.6 Å². The molecule has 1 aliphatic rings. The van der Waals surface area contributed by atoms with Crippen molar-refractivity contribution in [2.75, 3.05) is 0 Å². The molecule has 1 N–H and O–H groups in total. The Bertz CT molecular complexity index is 359. The molecule has 0 saturated heterocycles. The van der Waals surface area contributed by atoms with Crippen molar-refractivity contribution in [3.8, 4) is 11.8 Å². The second-order valence-corrected chi connectivity index (χ2v) is 3.87. The van der Waals surface area contributed by atoms with Crippen molar-refractivity contribution in [1.29, 1.82) is 0 Å². The Labute approximate surface area is 94.0 Å². The quantitative estimate of drug-likeness (QED) is 0.562. The van der Waals surface area contributed by atoms with Crippen LogP contribution in [0.25, 0.3) is 0 Å². The van der Waals surface area contributed by atoms with E-state index in [9.17, 15) is 14.4 Å². The van der Waals surface area contributed by atoms with Crippen LogP contribution in [-0.2, 0) is 14.4 Å². The Kier molecular flexibility index (Phi) is 4.71. The van der Waals surface area contributed by atoms with Crippen molar-refractivity contribution >= 4 is 17.5 Å². The molecular weight excluding hydrogens is 208 g/mol. The van der Waals surface area contributed by atoms with Crippen LogP contribution in [0.1, 0.15) is 38.5 Å². The smallest absolute Gasteiger partial charge is 0.304 e. The number of ketones is 2. The van der Waals surface area contributed by atoms with E-state index < -0.39 is 11.9 Å². The summed E-state index contributed by atoms with van der Waals surface area (Å²) in [7, 11) is 0. The lowest BCUT2D eigenvalue weighted by atomic mass is 9.90. The third-order valence-electron chi connectivity index (χ3n) is 2.52. The fraction of sp³-hybridized carbons (Fsp3) is 0.583. The molecule has 16 heavy (non-hydrogen) atoms. The summed E-state index contributed by atoms with van der Waals surface area (Å²) in [6.45, 7) is 0. The molecule has 0 heterocycles. The van der Waals surface area contributed by atoms with Crippen molar-refractivity contribution in [1.82, 2.24) is 0 Å². The molecule has 0 radical (unpaired) electrons. The first kappa shape index (κ1) is 12.4. The Balaban J connectivity index is 2.70. The van der Waals surface area contributed by atoms with Gasteiger partial charge in [-0.3, -0.25) is 14.4 Å². The second-order valence-electron chi connectivity index (χ2n) is 3.87. The maximum Gasteiger partial charge on any atom is 0.304 e. The van der Waals surface area contributed by atoms with Gasteiger partial charge in [-0.1, -0.05) is 0 Å². The summed E-state index contributed by atoms with van der Waals surface area (Å²) in [4.78, 5) is 33.5. The zero-order chi connectivity index (χ0) is 12.0. The molecule has 4 nitrogen and oxygen atoms in total. The normalized spacial score (nSPS) is 22.1. The highest BCUT2D eigenvalue weighted by molar-refractivity contribution is 6.01. The zero-order valence-electron chi connectivity index (χ0n) is 8.99. The van der Waals surface area contributed by atoms with E-state index in [-0.39, 0.29) is 24.4 Å². The van der Waals surface area contributed by atoms with Crippen LogP contribution < -0.4 is 0 Å². The highest BCUT2D eigenvalue weighted by Crippen LogP contribution is 2.16. The molecule has 86 valence electrons. The predicted molar refractivity (Wildman–Crippen MR) is 56.6 cm³/mol. The first-order valence-corrected chi connectivity index (χ1v) is 5.31. The number of aliphatic carboxylic acids is 1. The highest BCUT2D eigenvalue weighted by atomic mass is 16.4. The number of carbonyl (C=O) groups excluding carboxylic acids is 2. The van der Waals surface area contributed by atoms with Gasteiger partial charge in [-0.2, -0.15) is 0 Å². The third kappa shape index (κ3) is 4.26. The van der Waals surface area contributed by atoms with Gasteiger partial charge in [0.1, 0.15) is 11.6 Å². The Morgan fingerprint density at radius 1 is 1.31 bits per heavy atom. The molecule has 1 aliphatic carbocycles. The molecule has 0 aromatic heterocycles. The van der Waals surface area contributed by atoms with Gasteiger partial charge < -0.3 is 5.11 Å². The van der Waals surface area contributed by atoms with E-state index in [1.54, 1.807) is 0 Å². The van der Waals surface area contributed by atoms with Crippen LogP contribution >= 0.6 is 0 Å². The topological polar surface area (TPSA) is 71.4 Å². The molecule has 1 rings (SSSR count). The van der Waals surface area contributed by atoms with Crippen molar-refractivity contribution < 1.29 is 19.5 Å². The second kappa shape index (κ2) is 6.06. The number of carboxylic acid groups (broad SMARTS) is 1. The lowest BCUT2D eigenvalue weighted by Gasteiger charge is -2.12. The highest BCUT2D eigenvalue weighted by Gasteiger charge is 2.23. The van der Waals surface area contributed by atoms with E-state index in [4.69, 9.17) is 5.11 Å². The van der Waals surface area contributed by atoms with E-state index >= 15 is 0 Å². The van der Waals surface area contributed by atoms with Gasteiger partial charge in [-0.15, -0.1) is 11.8 Å². The monoisotopic (exact) mass is 222 g/mol. The molecule has 0 aromatic rings. The van der Waals surface area contributed by atoms with Gasteiger partial charge in [0.2, 0.25) is 0 Å². The fourth-order valence-corrected chi connectivity index (χ4v) is 1.64. The minimum absolute atomic E-state index is 0.139. The van der Waals surface area contributed by atoms with Gasteiger partial charge in [-0.25, -0.2) is 0 Å². The maximum absolute atomic E-state index is 11.6. The summed E-state index contributed by atoms with van der Waals surface area (Å²) in [5.41, 5.74) is 0. The van der Waals surface area contributed by atoms with Crippen molar-refractivity contribution in [3.63, 3.8) is 0 Å². The SMILES string of the molecule is O=C(O)CC1CCC#CCCC(=O)CC1=O. The number of hydrogen-bond acceptors (Lipinski definition) is 3. The Morgan fingerprint density at radius 3 is 2.69 bits per heavy atom. The fourth-order valence-electron chi connectivity index (χ4n) is 1.64. The molecule has 4 heteroatoms. The average Bonchev–Trinajstić information content (AvgIpc) is 2.20. The summed E-state index contributed by atoms with van der Waals surface area (Å²) in [5, 5.41) is 8.66. The standard InChI is InChI=1S/C12H14O4/c13-10-6-4-2-1-3-5-9(7-12(15)16)11(14)8-10/h9H,3-8H2,(H,15,16). The Morgan fingerprint density at radius 2 is 2.00 bits per heavy atom. The largest absolute Gasteiger partial charge is 0.481 e. The van der Waals surface area contributed by atoms with Crippen molar-refractivity contribution in [2.24, 2.45) is 5.92 Å². The first-order chi connectivity index (χ1) is 7.59. The molecule has 0 saturated carbocycles. The number of carboxylic acids is 1. The van der Waals surface area contributed by atoms with Gasteiger partial charge in [-0.05, 0) is 6.42 Å². The van der Waals surface area contributed by atoms with E-state index in [0.717, 1.165) is 0 Å². The van der Waals surface area contributed by atoms with E-state index in [0.29, 0.717) is 25.7 Å². The lowest BCUT2D eigenvalue weighted by Crippen LogP contribution is -2.21. The van der Waals surface area contributed by atoms with Crippen LogP contribution in [0.3, 0.4) is 0 Å². The van der Waals surface area contributed by atoms with Gasteiger partial charge in [0.15, 0.2) is 0 Å². The number of carbonyl (C=O) groups is 3. The van der Waals surface area contributed by atoms with Crippen LogP contribution in [0, 0.1) is 17.8 Å². The molecule has 0 bridgehead atoms. The summed E-state index contributed by atoms with van der Waals surface area (Å²) in [6, 6.07) is 0. The maximum atomic E-state index is 11.6.